The van der Waals surface area contributed by atoms with Crippen molar-refractivity contribution in [3.8, 4) is 23.5 Å². The molecule has 2 aromatic rings. The van der Waals surface area contributed by atoms with E-state index in [0.717, 1.165) is 11.1 Å². The van der Waals surface area contributed by atoms with E-state index >= 15 is 0 Å². The monoisotopic (exact) mass is 234 g/mol. The second kappa shape index (κ2) is 4.65. The number of hydrogen-bond acceptors (Lipinski definition) is 4. The maximum atomic E-state index is 8.90. The van der Waals surface area contributed by atoms with E-state index in [-0.39, 0.29) is 0 Å². The number of nitrogens with zero attached hydrogens (tertiary/aromatic N) is 4. The van der Waals surface area contributed by atoms with Gasteiger partial charge in [-0.15, -0.1) is 0 Å². The Balaban J connectivity index is 2.62. The molecule has 0 amide bonds. The Morgan fingerprint density at radius 2 is 1.17 bits per heavy atom. The summed E-state index contributed by atoms with van der Waals surface area (Å²) in [6, 6.07) is 11.2. The van der Waals surface area contributed by atoms with Crippen LogP contribution in [0.4, 0.5) is 0 Å². The lowest BCUT2D eigenvalue weighted by Gasteiger charge is -2.04. The zero-order valence-electron chi connectivity index (χ0n) is 10.1. The summed E-state index contributed by atoms with van der Waals surface area (Å²) in [5, 5.41) is 17.8. The zero-order valence-corrected chi connectivity index (χ0v) is 10.1. The molecule has 0 unspecified atom stereocenters. The smallest absolute Gasteiger partial charge is 0.141 e. The summed E-state index contributed by atoms with van der Waals surface area (Å²) in [4.78, 5) is 8.41. The fourth-order valence-corrected chi connectivity index (χ4v) is 1.71. The van der Waals surface area contributed by atoms with Gasteiger partial charge in [0.1, 0.15) is 23.5 Å². The molecule has 2 aromatic heterocycles. The van der Waals surface area contributed by atoms with Gasteiger partial charge in [0.2, 0.25) is 0 Å². The summed E-state index contributed by atoms with van der Waals surface area (Å²) in [6.07, 6.45) is 0. The van der Waals surface area contributed by atoms with Crippen molar-refractivity contribution < 1.29 is 0 Å². The fraction of sp³-hybridized carbons (Fsp3) is 0.143. The van der Waals surface area contributed by atoms with Gasteiger partial charge in [-0.1, -0.05) is 0 Å². The molecule has 4 nitrogen and oxygen atoms in total. The van der Waals surface area contributed by atoms with Crippen LogP contribution in [0.3, 0.4) is 0 Å². The first-order chi connectivity index (χ1) is 8.62. The van der Waals surface area contributed by atoms with Crippen molar-refractivity contribution in [3.63, 3.8) is 0 Å². The summed E-state index contributed by atoms with van der Waals surface area (Å²) in [6.45, 7) is 3.79. The predicted molar refractivity (Wildman–Crippen MR) is 66.4 cm³/mol. The molecule has 0 saturated carbocycles. The maximum Gasteiger partial charge on any atom is 0.141 e. The first-order valence-corrected chi connectivity index (χ1v) is 5.40. The van der Waals surface area contributed by atoms with Crippen LogP contribution in [0.15, 0.2) is 24.3 Å². The lowest BCUT2D eigenvalue weighted by Crippen LogP contribution is -1.95. The highest BCUT2D eigenvalue weighted by Crippen LogP contribution is 2.18. The van der Waals surface area contributed by atoms with Crippen molar-refractivity contribution in [3.05, 3.63) is 46.8 Å². The average Bonchev–Trinajstić information content (AvgIpc) is 2.37. The van der Waals surface area contributed by atoms with Crippen molar-refractivity contribution in [1.29, 1.82) is 10.5 Å². The van der Waals surface area contributed by atoms with Crippen molar-refractivity contribution in [2.75, 3.05) is 0 Å². The molecule has 0 bridgehead atoms. The number of hydrogen-bond donors (Lipinski definition) is 0. The van der Waals surface area contributed by atoms with Gasteiger partial charge in [-0.05, 0) is 49.2 Å². The van der Waals surface area contributed by atoms with Crippen molar-refractivity contribution in [1.82, 2.24) is 9.97 Å². The van der Waals surface area contributed by atoms with Crippen molar-refractivity contribution >= 4 is 0 Å². The minimum absolute atomic E-state index is 0.354. The van der Waals surface area contributed by atoms with E-state index in [0.29, 0.717) is 22.8 Å². The minimum Gasteiger partial charge on any atom is -0.235 e. The normalized spacial score (nSPS) is 9.56. The van der Waals surface area contributed by atoms with Crippen molar-refractivity contribution in [2.45, 2.75) is 13.8 Å². The second-order valence-electron chi connectivity index (χ2n) is 4.05. The van der Waals surface area contributed by atoms with Crippen LogP contribution in [0.5, 0.6) is 0 Å². The molecular formula is C14H10N4. The Morgan fingerprint density at radius 1 is 0.778 bits per heavy atom. The topological polar surface area (TPSA) is 73.4 Å². The fourth-order valence-electron chi connectivity index (χ4n) is 1.71. The average molecular weight is 234 g/mol. The van der Waals surface area contributed by atoms with E-state index in [1.165, 1.54) is 0 Å². The largest absolute Gasteiger partial charge is 0.235 e. The molecular weight excluding hydrogens is 224 g/mol. The predicted octanol–water partition coefficient (Wildman–Crippen LogP) is 2.50. The summed E-state index contributed by atoms with van der Waals surface area (Å²) < 4.78 is 0. The summed E-state index contributed by atoms with van der Waals surface area (Å²) in [7, 11) is 0. The van der Waals surface area contributed by atoms with Gasteiger partial charge in [0, 0.05) is 0 Å². The van der Waals surface area contributed by atoms with Gasteiger partial charge in [-0.2, -0.15) is 10.5 Å². The van der Waals surface area contributed by atoms with Gasteiger partial charge >= 0.3 is 0 Å². The lowest BCUT2D eigenvalue weighted by molar-refractivity contribution is 1.17. The minimum atomic E-state index is 0.354. The van der Waals surface area contributed by atoms with Gasteiger partial charge in [0.25, 0.3) is 0 Å². The van der Waals surface area contributed by atoms with Crippen LogP contribution in [0.1, 0.15) is 22.5 Å². The Hall–Kier alpha value is -2.72. The highest BCUT2D eigenvalue weighted by atomic mass is 14.8. The van der Waals surface area contributed by atoms with E-state index in [9.17, 15) is 0 Å². The SMILES string of the molecule is Cc1cc(C#N)nc(-c2cc(C)cc(C#N)n2)c1. The Labute approximate surface area is 105 Å². The van der Waals surface area contributed by atoms with Crippen LogP contribution < -0.4 is 0 Å². The second-order valence-corrected chi connectivity index (χ2v) is 4.05. The zero-order chi connectivity index (χ0) is 13.1. The molecule has 2 rings (SSSR count). The van der Waals surface area contributed by atoms with Crippen molar-refractivity contribution in [2.24, 2.45) is 0 Å². The van der Waals surface area contributed by atoms with Crippen LogP contribution in [-0.4, -0.2) is 9.97 Å². The summed E-state index contributed by atoms with van der Waals surface area (Å²) in [5.41, 5.74) is 3.83. The van der Waals surface area contributed by atoms with E-state index in [2.05, 4.69) is 9.97 Å². The number of rotatable bonds is 1. The Morgan fingerprint density at radius 3 is 1.50 bits per heavy atom. The van der Waals surface area contributed by atoms with Crippen LogP contribution in [0.25, 0.3) is 11.4 Å². The molecule has 0 atom stereocenters. The van der Waals surface area contributed by atoms with Crippen LogP contribution in [-0.2, 0) is 0 Å². The molecule has 0 saturated heterocycles. The van der Waals surface area contributed by atoms with E-state index in [1.54, 1.807) is 12.1 Å². The van der Waals surface area contributed by atoms with Crippen LogP contribution in [0.2, 0.25) is 0 Å². The molecule has 2 heterocycles. The van der Waals surface area contributed by atoms with Gasteiger partial charge in [-0.25, -0.2) is 9.97 Å². The Bertz CT molecular complexity index is 628. The van der Waals surface area contributed by atoms with Gasteiger partial charge in [-0.3, -0.25) is 0 Å². The highest BCUT2D eigenvalue weighted by molar-refractivity contribution is 5.58. The van der Waals surface area contributed by atoms with E-state index < -0.39 is 0 Å². The first-order valence-electron chi connectivity index (χ1n) is 5.40. The van der Waals surface area contributed by atoms with E-state index in [1.807, 2.05) is 38.1 Å². The summed E-state index contributed by atoms with van der Waals surface area (Å²) in [5.74, 6) is 0. The molecule has 0 aliphatic heterocycles. The third-order valence-electron chi connectivity index (χ3n) is 2.43. The Kier molecular flexibility index (Phi) is 3.03. The summed E-state index contributed by atoms with van der Waals surface area (Å²) >= 11 is 0. The molecule has 0 radical (unpaired) electrons. The highest BCUT2D eigenvalue weighted by Gasteiger charge is 2.06. The third-order valence-corrected chi connectivity index (χ3v) is 2.43. The number of aromatic nitrogens is 2. The molecule has 4 heteroatoms. The molecule has 0 fully saturated rings. The van der Waals surface area contributed by atoms with Gasteiger partial charge in [0.05, 0.1) is 11.4 Å². The lowest BCUT2D eigenvalue weighted by atomic mass is 10.1. The number of aryl methyl sites for hydroxylation is 2. The maximum absolute atomic E-state index is 8.90. The molecule has 18 heavy (non-hydrogen) atoms. The third kappa shape index (κ3) is 2.34. The van der Waals surface area contributed by atoms with Crippen LogP contribution >= 0.6 is 0 Å². The van der Waals surface area contributed by atoms with Crippen LogP contribution in [0, 0.1) is 36.5 Å². The molecule has 86 valence electrons. The molecule has 0 aliphatic rings. The first kappa shape index (κ1) is 11.8. The quantitative estimate of drug-likeness (QED) is 0.759. The molecule has 0 N–H and O–H groups in total. The standard InChI is InChI=1S/C14H10N4/c1-9-3-11(7-15)17-13(5-9)14-6-10(2)4-12(8-16)18-14/h3-6H,1-2H3. The molecule has 0 spiro atoms. The molecule has 0 aliphatic carbocycles. The number of nitriles is 2. The molecule has 0 aromatic carbocycles. The van der Waals surface area contributed by atoms with Gasteiger partial charge < -0.3 is 0 Å². The van der Waals surface area contributed by atoms with E-state index in [4.69, 9.17) is 10.5 Å². The number of pyridine rings is 2. The van der Waals surface area contributed by atoms with Gasteiger partial charge in [0.15, 0.2) is 0 Å².